The molecule has 0 bridgehead atoms. The Labute approximate surface area is 120 Å². The Kier molecular flexibility index (Phi) is 3.83. The molecule has 5 heteroatoms. The lowest BCUT2D eigenvalue weighted by molar-refractivity contribution is 0.103. The van der Waals surface area contributed by atoms with E-state index in [1.807, 2.05) is 6.07 Å². The minimum atomic E-state index is -1.36. The van der Waals surface area contributed by atoms with Crippen LogP contribution in [0.2, 0.25) is 0 Å². The van der Waals surface area contributed by atoms with Crippen LogP contribution in [0, 0.1) is 0 Å². The number of nitrogens with two attached hydrogens (primary N) is 1. The van der Waals surface area contributed by atoms with Gasteiger partial charge in [-0.1, -0.05) is 59.6 Å². The molecule has 2 unspecified atom stereocenters. The minimum Gasteiger partial charge on any atom is -0.307 e. The average molecular weight is 303 g/mol. The van der Waals surface area contributed by atoms with Gasteiger partial charge < -0.3 is 5.73 Å². The molecule has 1 aromatic carbocycles. The van der Waals surface area contributed by atoms with Crippen molar-refractivity contribution in [1.29, 1.82) is 0 Å². The number of halogens is 3. The van der Waals surface area contributed by atoms with E-state index in [4.69, 9.17) is 40.5 Å². The molecule has 94 valence electrons. The van der Waals surface area contributed by atoms with E-state index >= 15 is 0 Å². The molecule has 2 N–H and O–H groups in total. The van der Waals surface area contributed by atoms with Gasteiger partial charge in [-0.3, -0.25) is 4.79 Å². The van der Waals surface area contributed by atoms with Gasteiger partial charge in [0, 0.05) is 11.1 Å². The molecule has 1 aliphatic carbocycles. The Balaban J connectivity index is 2.35. The lowest BCUT2D eigenvalue weighted by atomic mass is 9.96. The van der Waals surface area contributed by atoms with Crippen molar-refractivity contribution < 1.29 is 4.79 Å². The first-order valence-electron chi connectivity index (χ1n) is 5.24. The summed E-state index contributed by atoms with van der Waals surface area (Å²) in [6, 6.07) is 8.85. The first kappa shape index (κ1) is 13.6. The first-order chi connectivity index (χ1) is 8.43. The van der Waals surface area contributed by atoms with Crippen LogP contribution in [0.25, 0.3) is 0 Å². The fourth-order valence-corrected chi connectivity index (χ4v) is 2.27. The molecule has 0 spiro atoms. The van der Waals surface area contributed by atoms with Gasteiger partial charge in [-0.15, -0.1) is 11.6 Å². The molecule has 0 heterocycles. The Morgan fingerprint density at radius 1 is 1.28 bits per heavy atom. The normalized spacial score (nSPS) is 27.4. The monoisotopic (exact) mass is 301 g/mol. The summed E-state index contributed by atoms with van der Waals surface area (Å²) in [4.78, 5) is 10.8. The number of carbonyl (C=O) groups is 1. The van der Waals surface area contributed by atoms with E-state index in [-0.39, 0.29) is 10.8 Å². The molecule has 0 amide bonds. The summed E-state index contributed by atoms with van der Waals surface area (Å²) in [7, 11) is 0. The van der Waals surface area contributed by atoms with Crippen LogP contribution in [-0.2, 0) is 0 Å². The van der Waals surface area contributed by atoms with Crippen LogP contribution in [0.4, 0.5) is 0 Å². The lowest BCUT2D eigenvalue weighted by Crippen LogP contribution is -2.44. The van der Waals surface area contributed by atoms with Gasteiger partial charge in [0.1, 0.15) is 5.00 Å². The summed E-state index contributed by atoms with van der Waals surface area (Å²) < 4.78 is 0. The van der Waals surface area contributed by atoms with Gasteiger partial charge in [0.15, 0.2) is 5.78 Å². The predicted molar refractivity (Wildman–Crippen MR) is 75.2 cm³/mol. The van der Waals surface area contributed by atoms with Crippen molar-refractivity contribution in [3.8, 4) is 0 Å². The third-order valence-corrected chi connectivity index (χ3v) is 4.21. The van der Waals surface area contributed by atoms with Crippen molar-refractivity contribution in [1.82, 2.24) is 0 Å². The number of allylic oxidation sites excluding steroid dienone is 2. The summed E-state index contributed by atoms with van der Waals surface area (Å²) in [6.07, 6.45) is 2.98. The highest BCUT2D eigenvalue weighted by molar-refractivity contribution is 6.44. The number of hydrogen-bond acceptors (Lipinski definition) is 2. The van der Waals surface area contributed by atoms with Gasteiger partial charge in [0.25, 0.3) is 0 Å². The van der Waals surface area contributed by atoms with E-state index in [9.17, 15) is 4.79 Å². The lowest BCUT2D eigenvalue weighted by Gasteiger charge is -2.28. The fourth-order valence-electron chi connectivity index (χ4n) is 1.60. The quantitative estimate of drug-likeness (QED) is 0.517. The predicted octanol–water partition coefficient (Wildman–Crippen LogP) is 3.43. The highest BCUT2D eigenvalue weighted by Gasteiger charge is 2.37. The third kappa shape index (κ3) is 2.47. The largest absolute Gasteiger partial charge is 0.307 e. The number of benzene rings is 1. The zero-order valence-electron chi connectivity index (χ0n) is 9.24. The van der Waals surface area contributed by atoms with Gasteiger partial charge in [-0.2, -0.15) is 0 Å². The van der Waals surface area contributed by atoms with Crippen molar-refractivity contribution in [2.45, 2.75) is 10.4 Å². The van der Waals surface area contributed by atoms with E-state index < -0.39 is 10.4 Å². The molecule has 2 rings (SSSR count). The number of ketones is 1. The molecule has 2 nitrogen and oxygen atoms in total. The van der Waals surface area contributed by atoms with Crippen LogP contribution in [0.5, 0.6) is 0 Å². The van der Waals surface area contributed by atoms with Crippen LogP contribution in [-0.4, -0.2) is 16.2 Å². The molecule has 0 radical (unpaired) electrons. The molecular formula is C13H10Cl3NO. The molecular weight excluding hydrogens is 293 g/mol. The molecule has 2 atom stereocenters. The number of carbonyl (C=O) groups excluding carboxylic acids is 1. The highest BCUT2D eigenvalue weighted by Crippen LogP contribution is 2.36. The van der Waals surface area contributed by atoms with E-state index in [2.05, 4.69) is 0 Å². The molecule has 18 heavy (non-hydrogen) atoms. The van der Waals surface area contributed by atoms with Crippen molar-refractivity contribution >= 4 is 40.6 Å². The van der Waals surface area contributed by atoms with E-state index in [1.165, 1.54) is 12.2 Å². The molecule has 0 aliphatic heterocycles. The number of rotatable bonds is 2. The van der Waals surface area contributed by atoms with Gasteiger partial charge >= 0.3 is 0 Å². The Morgan fingerprint density at radius 3 is 2.44 bits per heavy atom. The number of hydrogen-bond donors (Lipinski definition) is 1. The van der Waals surface area contributed by atoms with Crippen molar-refractivity contribution in [2.75, 3.05) is 0 Å². The molecule has 1 aromatic rings. The standard InChI is InChI=1S/C13H10Cl3NO/c14-10-6-9(7-11(15)13(10,16)17)12(18)8-4-2-1-3-5-8/h1-7,10H,17H2. The maximum Gasteiger partial charge on any atom is 0.192 e. The van der Waals surface area contributed by atoms with Gasteiger partial charge in [-0.05, 0) is 6.08 Å². The summed E-state index contributed by atoms with van der Waals surface area (Å²) in [5.41, 5.74) is 6.70. The van der Waals surface area contributed by atoms with Crippen molar-refractivity contribution in [3.05, 3.63) is 58.7 Å². The molecule has 0 fully saturated rings. The maximum absolute atomic E-state index is 12.2. The Morgan fingerprint density at radius 2 is 1.89 bits per heavy atom. The first-order valence-corrected chi connectivity index (χ1v) is 6.43. The second-order valence-electron chi connectivity index (χ2n) is 3.98. The maximum atomic E-state index is 12.2. The van der Waals surface area contributed by atoms with Crippen LogP contribution < -0.4 is 5.73 Å². The second-order valence-corrected chi connectivity index (χ2v) is 5.48. The molecule has 0 saturated carbocycles. The minimum absolute atomic E-state index is 0.158. The van der Waals surface area contributed by atoms with Crippen molar-refractivity contribution in [2.24, 2.45) is 5.73 Å². The second kappa shape index (κ2) is 5.06. The number of Topliss-reactive ketones (excluding diaryl/α,β-unsaturated/α-hetero) is 1. The fraction of sp³-hybridized carbons (Fsp3) is 0.154. The molecule has 0 aromatic heterocycles. The molecule has 0 saturated heterocycles. The highest BCUT2D eigenvalue weighted by atomic mass is 35.5. The van der Waals surface area contributed by atoms with E-state index in [0.717, 1.165) is 0 Å². The Hall–Kier alpha value is -0.800. The zero-order chi connectivity index (χ0) is 13.3. The number of alkyl halides is 2. The average Bonchev–Trinajstić information content (AvgIpc) is 2.36. The smallest absolute Gasteiger partial charge is 0.192 e. The van der Waals surface area contributed by atoms with Gasteiger partial charge in [0.05, 0.1) is 10.4 Å². The van der Waals surface area contributed by atoms with E-state index in [1.54, 1.807) is 24.3 Å². The topological polar surface area (TPSA) is 43.1 Å². The summed E-state index contributed by atoms with van der Waals surface area (Å²) in [5, 5.41) is -0.578. The van der Waals surface area contributed by atoms with Crippen molar-refractivity contribution in [3.63, 3.8) is 0 Å². The Bertz CT molecular complexity index is 534. The van der Waals surface area contributed by atoms with Gasteiger partial charge in [0.2, 0.25) is 0 Å². The third-order valence-electron chi connectivity index (χ3n) is 2.67. The van der Waals surface area contributed by atoms with Crippen LogP contribution >= 0.6 is 34.8 Å². The van der Waals surface area contributed by atoms with E-state index in [0.29, 0.717) is 11.1 Å². The summed E-state index contributed by atoms with van der Waals surface area (Å²) in [6.45, 7) is 0. The zero-order valence-corrected chi connectivity index (χ0v) is 11.5. The summed E-state index contributed by atoms with van der Waals surface area (Å²) >= 11 is 18.0. The molecule has 1 aliphatic rings. The summed E-state index contributed by atoms with van der Waals surface area (Å²) in [5.74, 6) is -0.161. The van der Waals surface area contributed by atoms with Crippen LogP contribution in [0.3, 0.4) is 0 Å². The van der Waals surface area contributed by atoms with Gasteiger partial charge in [-0.25, -0.2) is 0 Å². The SMILES string of the molecule is NC1(Cl)C(Cl)=CC(C(=O)c2ccccc2)=CC1Cl. The van der Waals surface area contributed by atoms with Crippen LogP contribution in [0.1, 0.15) is 10.4 Å². The van der Waals surface area contributed by atoms with Crippen LogP contribution in [0.15, 0.2) is 53.1 Å².